The van der Waals surface area contributed by atoms with Gasteiger partial charge in [-0.3, -0.25) is 9.59 Å². The summed E-state index contributed by atoms with van der Waals surface area (Å²) in [5, 5.41) is 12.5. The van der Waals surface area contributed by atoms with E-state index >= 15 is 0 Å². The van der Waals surface area contributed by atoms with Gasteiger partial charge < -0.3 is 29.6 Å². The van der Waals surface area contributed by atoms with Crippen LogP contribution in [0.25, 0.3) is 6.20 Å². The van der Waals surface area contributed by atoms with Gasteiger partial charge in [-0.05, 0) is 64.7 Å². The number of pyridine rings is 1. The minimum absolute atomic E-state index is 0.200. The number of likely N-dealkylation sites (N-methyl/N-ethyl adjacent to an activating group) is 1. The lowest BCUT2D eigenvalue weighted by molar-refractivity contribution is -0.424. The number of carbonyl (C=O) groups excluding carboxylic acids is 2. The molecule has 2 aliphatic rings. The van der Waals surface area contributed by atoms with Gasteiger partial charge in [0.1, 0.15) is 22.4 Å². The van der Waals surface area contributed by atoms with Crippen LogP contribution in [0.15, 0.2) is 40.4 Å². The molecule has 11 nitrogen and oxygen atoms in total. The van der Waals surface area contributed by atoms with Crippen LogP contribution in [0.5, 0.6) is 5.75 Å². The normalized spacial score (nSPS) is 19.1. The first-order valence-electron chi connectivity index (χ1n) is 14.0. The largest absolute Gasteiger partial charge is 0.496 e. The van der Waals surface area contributed by atoms with Crippen LogP contribution in [0.4, 0.5) is 10.5 Å². The van der Waals surface area contributed by atoms with Gasteiger partial charge in [0.05, 0.1) is 17.9 Å². The predicted molar refractivity (Wildman–Crippen MR) is 157 cm³/mol. The lowest BCUT2D eigenvalue weighted by Crippen LogP contribution is -2.41. The first kappa shape index (κ1) is 30.0. The molecule has 220 valence electrons. The molecule has 0 unspecified atom stereocenters. The average Bonchev–Trinajstić information content (AvgIpc) is 3.31. The number of aromatic nitrogens is 1. The molecule has 0 radical (unpaired) electrons. The van der Waals surface area contributed by atoms with Crippen molar-refractivity contribution in [3.63, 3.8) is 0 Å². The van der Waals surface area contributed by atoms with Gasteiger partial charge in [0.25, 0.3) is 11.5 Å². The van der Waals surface area contributed by atoms with Gasteiger partial charge in [0, 0.05) is 56.5 Å². The van der Waals surface area contributed by atoms with E-state index in [9.17, 15) is 14.4 Å². The number of rotatable bonds is 8. The molecule has 1 aromatic heterocycles. The zero-order chi connectivity index (χ0) is 29.7. The molecule has 1 fully saturated rings. The van der Waals surface area contributed by atoms with E-state index in [4.69, 9.17) is 9.47 Å². The van der Waals surface area contributed by atoms with Crippen LogP contribution in [-0.2, 0) is 11.8 Å². The Kier molecular flexibility index (Phi) is 9.27. The maximum Gasteiger partial charge on any atom is 0.410 e. The number of nitrogens with one attached hydrogen (secondary N) is 2. The number of anilines is 1. The van der Waals surface area contributed by atoms with Crippen molar-refractivity contribution >= 4 is 30.1 Å². The number of hydrogen-bond donors (Lipinski definition) is 2. The molecule has 2 heterocycles. The number of ether oxygens (including phenoxy) is 2. The van der Waals surface area contributed by atoms with E-state index in [-0.39, 0.29) is 17.3 Å². The van der Waals surface area contributed by atoms with Crippen LogP contribution in [0.1, 0.15) is 56.8 Å². The Morgan fingerprint density at radius 3 is 2.63 bits per heavy atom. The molecule has 2 amide bonds. The summed E-state index contributed by atoms with van der Waals surface area (Å²) in [5.41, 5.74) is -0.261. The van der Waals surface area contributed by atoms with E-state index in [0.29, 0.717) is 29.8 Å². The third-order valence-corrected chi connectivity index (χ3v) is 7.18. The maximum absolute atomic E-state index is 13.1. The van der Waals surface area contributed by atoms with Crippen molar-refractivity contribution in [3.8, 4) is 5.75 Å². The third-order valence-electron chi connectivity index (χ3n) is 7.18. The first-order valence-corrected chi connectivity index (χ1v) is 14.0. The van der Waals surface area contributed by atoms with Crippen molar-refractivity contribution in [3.05, 3.63) is 57.0 Å². The molecule has 0 bridgehead atoms. The van der Waals surface area contributed by atoms with Crippen molar-refractivity contribution in [2.75, 3.05) is 32.6 Å². The molecule has 11 heteroatoms. The van der Waals surface area contributed by atoms with Crippen molar-refractivity contribution in [2.45, 2.75) is 58.1 Å². The smallest absolute Gasteiger partial charge is 0.410 e. The van der Waals surface area contributed by atoms with E-state index in [2.05, 4.69) is 21.9 Å². The molecule has 0 atom stereocenters. The van der Waals surface area contributed by atoms with E-state index in [0.717, 1.165) is 42.8 Å². The van der Waals surface area contributed by atoms with E-state index in [1.54, 1.807) is 49.5 Å². The second-order valence-electron chi connectivity index (χ2n) is 11.6. The lowest BCUT2D eigenvalue weighted by atomic mass is 9.87. The Morgan fingerprint density at radius 2 is 1.95 bits per heavy atom. The molecule has 0 saturated heterocycles. The summed E-state index contributed by atoms with van der Waals surface area (Å²) in [6.07, 6.45) is 9.49. The number of nitrogens with zero attached hydrogens (tertiary/aromatic N) is 4. The monoisotopic (exact) mass is 565 g/mol. The fourth-order valence-corrected chi connectivity index (χ4v) is 4.93. The summed E-state index contributed by atoms with van der Waals surface area (Å²) < 4.78 is 14.1. The quantitative estimate of drug-likeness (QED) is 0.473. The predicted octanol–water partition coefficient (Wildman–Crippen LogP) is 2.03. The highest BCUT2D eigenvalue weighted by Gasteiger charge is 2.25. The van der Waals surface area contributed by atoms with Gasteiger partial charge >= 0.3 is 6.09 Å². The molecule has 1 aliphatic carbocycles. The van der Waals surface area contributed by atoms with Crippen LogP contribution < -0.4 is 31.5 Å². The van der Waals surface area contributed by atoms with E-state index in [1.165, 1.54) is 11.7 Å². The Labute approximate surface area is 240 Å². The topological polar surface area (TPSA) is 117 Å². The van der Waals surface area contributed by atoms with Crippen LogP contribution >= 0.6 is 0 Å². The second-order valence-corrected chi connectivity index (χ2v) is 11.6. The molecule has 4 rings (SSSR count). The highest BCUT2D eigenvalue weighted by atomic mass is 16.6. The van der Waals surface area contributed by atoms with Crippen molar-refractivity contribution in [2.24, 2.45) is 18.1 Å². The zero-order valence-electron chi connectivity index (χ0n) is 24.8. The van der Waals surface area contributed by atoms with Gasteiger partial charge in [-0.15, -0.1) is 0 Å². The summed E-state index contributed by atoms with van der Waals surface area (Å²) in [6, 6.07) is 7.17. The molecular weight excluding hydrogens is 524 g/mol. The highest BCUT2D eigenvalue weighted by molar-refractivity contribution is 6.06. The van der Waals surface area contributed by atoms with E-state index < -0.39 is 11.5 Å². The molecule has 0 spiro atoms. The first-order chi connectivity index (χ1) is 19.4. The number of amides is 2. The third kappa shape index (κ3) is 7.81. The van der Waals surface area contributed by atoms with Gasteiger partial charge in [-0.2, -0.15) is 0 Å². The summed E-state index contributed by atoms with van der Waals surface area (Å²) in [7, 11) is 4.89. The Bertz CT molecular complexity index is 1500. The maximum atomic E-state index is 13.1. The van der Waals surface area contributed by atoms with Crippen LogP contribution in [0.3, 0.4) is 0 Å². The molecule has 41 heavy (non-hydrogen) atoms. The van der Waals surface area contributed by atoms with Gasteiger partial charge in [0.2, 0.25) is 6.20 Å². The number of aryl methyl sites for hydroxylation is 1. The standard InChI is InChI=1S/C30H40N6O5/c1-30(2,3)41-29(39)35(5)15-13-31-22-11-9-20(10-12-22)18-36-19-21-16-23(26(40-6)17-25(21)33-36)27(37)32-24-8-7-14-34(4)28(24)38/h7-8,14,16-20,22,31H,9-13,15H2,1-6H3/p+1/b36-18-. The van der Waals surface area contributed by atoms with Gasteiger partial charge in [0.15, 0.2) is 6.21 Å². The minimum atomic E-state index is -0.499. The number of methoxy groups -OCH3 is 1. The summed E-state index contributed by atoms with van der Waals surface area (Å²) >= 11 is 0. The zero-order valence-corrected chi connectivity index (χ0v) is 24.8. The molecular formula is C30H41N6O5+. The Morgan fingerprint density at radius 1 is 1.22 bits per heavy atom. The summed E-state index contributed by atoms with van der Waals surface area (Å²) in [4.78, 5) is 39.1. The Balaban J connectivity index is 1.34. The van der Waals surface area contributed by atoms with Crippen molar-refractivity contribution in [1.29, 1.82) is 0 Å². The molecule has 1 aromatic carbocycles. The van der Waals surface area contributed by atoms with Crippen LogP contribution in [0.2, 0.25) is 0 Å². The Hall–Kier alpha value is -3.99. The molecule has 1 saturated carbocycles. The summed E-state index contributed by atoms with van der Waals surface area (Å²) in [6.45, 7) is 6.90. The van der Waals surface area contributed by atoms with Crippen molar-refractivity contribution < 1.29 is 23.7 Å². The van der Waals surface area contributed by atoms with Crippen molar-refractivity contribution in [1.82, 2.24) is 14.8 Å². The number of benzene rings is 1. The average molecular weight is 566 g/mol. The minimum Gasteiger partial charge on any atom is -0.496 e. The SMILES string of the molecule is COc1cc2c(cc1C(=O)Nc1cccn(C)c1=O)=C/[N+](=C/C1CCC(NCCN(C)C(=O)OC(C)(C)C)CC1)N=2. The molecule has 2 aromatic rings. The lowest BCUT2D eigenvalue weighted by Gasteiger charge is -2.28. The summed E-state index contributed by atoms with van der Waals surface area (Å²) in [5.74, 6) is 0.342. The fourth-order valence-electron chi connectivity index (χ4n) is 4.93. The molecule has 2 N–H and O–H groups in total. The van der Waals surface area contributed by atoms with Gasteiger partial charge in [-0.25, -0.2) is 4.79 Å². The highest BCUT2D eigenvalue weighted by Crippen LogP contribution is 2.23. The number of hydrogen-bond acceptors (Lipinski definition) is 7. The van der Waals surface area contributed by atoms with Crippen LogP contribution in [-0.4, -0.2) is 71.3 Å². The number of fused-ring (bicyclic) bond motifs is 1. The second kappa shape index (κ2) is 12.7. The van der Waals surface area contributed by atoms with Gasteiger partial charge in [-0.1, -0.05) is 4.68 Å². The van der Waals surface area contributed by atoms with Crippen LogP contribution in [0, 0.1) is 5.92 Å². The van der Waals surface area contributed by atoms with E-state index in [1.807, 2.05) is 31.7 Å². The number of carbonyl (C=O) groups is 2. The fraction of sp³-hybridized carbons (Fsp3) is 0.500. The molecule has 1 aliphatic heterocycles.